The molecule has 0 aromatic carbocycles. The fraction of sp³-hybridized carbons (Fsp3) is 0.857. The average molecular weight is 178 g/mol. The number of fused-ring (bicyclic) bond motifs is 1. The number of rotatable bonds is 1. The van der Waals surface area contributed by atoms with Gasteiger partial charge in [0, 0.05) is 6.54 Å². The second kappa shape index (κ2) is 2.64. The summed E-state index contributed by atoms with van der Waals surface area (Å²) in [5.74, 6) is -0.182. The average Bonchev–Trinajstić information content (AvgIpc) is 2.09. The fourth-order valence-electron chi connectivity index (χ4n) is 2.05. The van der Waals surface area contributed by atoms with Gasteiger partial charge in [0.1, 0.15) is 0 Å². The van der Waals surface area contributed by atoms with Gasteiger partial charge in [-0.15, -0.1) is 12.4 Å². The van der Waals surface area contributed by atoms with Crippen LogP contribution < -0.4 is 5.32 Å². The minimum Gasteiger partial charge on any atom is -0.481 e. The van der Waals surface area contributed by atoms with E-state index in [1.54, 1.807) is 0 Å². The molecule has 4 heteroatoms. The Morgan fingerprint density at radius 2 is 2.36 bits per heavy atom. The first-order valence-corrected chi connectivity index (χ1v) is 3.70. The van der Waals surface area contributed by atoms with Crippen molar-refractivity contribution >= 4 is 18.4 Å². The Hall–Kier alpha value is -0.280. The molecule has 1 aliphatic carbocycles. The molecule has 3 nitrogen and oxygen atoms in total. The predicted molar refractivity (Wildman–Crippen MR) is 42.9 cm³/mol. The van der Waals surface area contributed by atoms with Crippen LogP contribution in [0, 0.1) is 11.3 Å². The van der Waals surface area contributed by atoms with Crippen LogP contribution in [0.4, 0.5) is 0 Å². The van der Waals surface area contributed by atoms with Crippen LogP contribution in [0.5, 0.6) is 0 Å². The van der Waals surface area contributed by atoms with E-state index in [0.717, 1.165) is 19.4 Å². The standard InChI is InChI=1S/C7H11NO2.ClH/c9-6(10)7-2-1-5(7)3-8-4-7;/h5,8H,1-4H2,(H,9,10);1H. The number of carbonyl (C=O) groups is 1. The molecule has 2 unspecified atom stereocenters. The van der Waals surface area contributed by atoms with Crippen molar-refractivity contribution in [2.45, 2.75) is 12.8 Å². The summed E-state index contributed by atoms with van der Waals surface area (Å²) in [4.78, 5) is 10.7. The van der Waals surface area contributed by atoms with Crippen LogP contribution in [0.1, 0.15) is 12.8 Å². The molecule has 0 radical (unpaired) electrons. The molecule has 2 fully saturated rings. The maximum Gasteiger partial charge on any atom is 0.311 e. The molecular formula is C7H12ClNO2. The number of halogens is 1. The Morgan fingerprint density at radius 3 is 2.64 bits per heavy atom. The van der Waals surface area contributed by atoms with Crippen LogP contribution in [0.15, 0.2) is 0 Å². The van der Waals surface area contributed by atoms with Gasteiger partial charge in [0.05, 0.1) is 5.41 Å². The van der Waals surface area contributed by atoms with E-state index in [9.17, 15) is 4.79 Å². The third-order valence-electron chi connectivity index (χ3n) is 2.98. The highest BCUT2D eigenvalue weighted by molar-refractivity contribution is 5.85. The van der Waals surface area contributed by atoms with Gasteiger partial charge >= 0.3 is 5.97 Å². The van der Waals surface area contributed by atoms with Gasteiger partial charge in [0.2, 0.25) is 0 Å². The zero-order valence-corrected chi connectivity index (χ0v) is 6.99. The van der Waals surface area contributed by atoms with Crippen molar-refractivity contribution in [3.8, 4) is 0 Å². The van der Waals surface area contributed by atoms with Gasteiger partial charge in [0.25, 0.3) is 0 Å². The Kier molecular flexibility index (Phi) is 2.12. The topological polar surface area (TPSA) is 49.3 Å². The molecule has 0 amide bonds. The van der Waals surface area contributed by atoms with E-state index in [0.29, 0.717) is 12.5 Å². The molecule has 11 heavy (non-hydrogen) atoms. The van der Waals surface area contributed by atoms with Crippen LogP contribution in [-0.4, -0.2) is 24.2 Å². The molecule has 0 spiro atoms. The summed E-state index contributed by atoms with van der Waals surface area (Å²) in [7, 11) is 0. The molecule has 2 aliphatic rings. The van der Waals surface area contributed by atoms with Crippen molar-refractivity contribution < 1.29 is 9.90 Å². The van der Waals surface area contributed by atoms with Crippen molar-refractivity contribution in [3.05, 3.63) is 0 Å². The minimum absolute atomic E-state index is 0. The molecule has 64 valence electrons. The van der Waals surface area contributed by atoms with Crippen molar-refractivity contribution in [2.75, 3.05) is 13.1 Å². The van der Waals surface area contributed by atoms with Gasteiger partial charge in [0.15, 0.2) is 0 Å². The largest absolute Gasteiger partial charge is 0.481 e. The Labute approximate surface area is 71.6 Å². The van der Waals surface area contributed by atoms with Crippen LogP contribution in [-0.2, 0) is 4.79 Å². The van der Waals surface area contributed by atoms with E-state index in [4.69, 9.17) is 5.11 Å². The number of carboxylic acids is 1. The highest BCUT2D eigenvalue weighted by Crippen LogP contribution is 2.48. The van der Waals surface area contributed by atoms with Crippen molar-refractivity contribution in [3.63, 3.8) is 0 Å². The molecular weight excluding hydrogens is 166 g/mol. The number of carboxylic acid groups (broad SMARTS) is 1. The van der Waals surface area contributed by atoms with Crippen molar-refractivity contribution in [1.29, 1.82) is 0 Å². The van der Waals surface area contributed by atoms with E-state index >= 15 is 0 Å². The lowest BCUT2D eigenvalue weighted by Gasteiger charge is -2.39. The summed E-state index contributed by atoms with van der Waals surface area (Å²) in [6, 6.07) is 0. The third-order valence-corrected chi connectivity index (χ3v) is 2.98. The summed E-state index contributed by atoms with van der Waals surface area (Å²) in [6.45, 7) is 1.60. The number of aliphatic carboxylic acids is 1. The first-order valence-electron chi connectivity index (χ1n) is 3.70. The number of nitrogens with one attached hydrogen (secondary N) is 1. The van der Waals surface area contributed by atoms with Crippen molar-refractivity contribution in [1.82, 2.24) is 5.32 Å². The zero-order chi connectivity index (χ0) is 7.19. The van der Waals surface area contributed by atoms with Gasteiger partial charge in [-0.05, 0) is 25.3 Å². The summed E-state index contributed by atoms with van der Waals surface area (Å²) < 4.78 is 0. The van der Waals surface area contributed by atoms with Gasteiger partial charge in [-0.3, -0.25) is 4.79 Å². The van der Waals surface area contributed by atoms with Gasteiger partial charge in [-0.1, -0.05) is 0 Å². The smallest absolute Gasteiger partial charge is 0.311 e. The van der Waals surface area contributed by atoms with Gasteiger partial charge in [-0.25, -0.2) is 0 Å². The summed E-state index contributed by atoms with van der Waals surface area (Å²) in [5, 5.41) is 12.0. The van der Waals surface area contributed by atoms with Crippen LogP contribution >= 0.6 is 12.4 Å². The molecule has 0 aromatic heterocycles. The fourth-order valence-corrected chi connectivity index (χ4v) is 2.05. The molecule has 0 bridgehead atoms. The first-order chi connectivity index (χ1) is 4.76. The molecule has 2 rings (SSSR count). The van der Waals surface area contributed by atoms with E-state index in [2.05, 4.69) is 5.32 Å². The second-order valence-electron chi connectivity index (χ2n) is 3.33. The van der Waals surface area contributed by atoms with Crippen LogP contribution in [0.2, 0.25) is 0 Å². The summed E-state index contributed by atoms with van der Waals surface area (Å²) in [6.07, 6.45) is 1.97. The highest BCUT2D eigenvalue weighted by atomic mass is 35.5. The van der Waals surface area contributed by atoms with Crippen LogP contribution in [0.3, 0.4) is 0 Å². The van der Waals surface area contributed by atoms with E-state index < -0.39 is 5.97 Å². The minimum atomic E-state index is -0.603. The van der Waals surface area contributed by atoms with E-state index in [-0.39, 0.29) is 17.8 Å². The number of hydrogen-bond acceptors (Lipinski definition) is 2. The molecule has 1 aliphatic heterocycles. The molecule has 1 saturated carbocycles. The lowest BCUT2D eigenvalue weighted by molar-refractivity contribution is -0.156. The Bertz CT molecular complexity index is 185. The Morgan fingerprint density at radius 1 is 1.64 bits per heavy atom. The van der Waals surface area contributed by atoms with Gasteiger partial charge in [-0.2, -0.15) is 0 Å². The molecule has 2 N–H and O–H groups in total. The highest BCUT2D eigenvalue weighted by Gasteiger charge is 2.55. The normalized spacial score (nSPS) is 40.2. The lowest BCUT2D eigenvalue weighted by atomic mass is 9.62. The predicted octanol–water partition coefficient (Wildman–Crippen LogP) is 0.492. The molecule has 0 aromatic rings. The SMILES string of the molecule is Cl.O=C(O)C12CCC1CNC2. The first kappa shape index (κ1) is 8.81. The van der Waals surface area contributed by atoms with Gasteiger partial charge < -0.3 is 10.4 Å². The zero-order valence-electron chi connectivity index (χ0n) is 6.17. The monoisotopic (exact) mass is 177 g/mol. The van der Waals surface area contributed by atoms with E-state index in [1.807, 2.05) is 0 Å². The maximum absolute atomic E-state index is 10.7. The van der Waals surface area contributed by atoms with Crippen molar-refractivity contribution in [2.24, 2.45) is 11.3 Å². The molecule has 2 atom stereocenters. The van der Waals surface area contributed by atoms with Crippen LogP contribution in [0.25, 0.3) is 0 Å². The summed E-state index contributed by atoms with van der Waals surface area (Å²) >= 11 is 0. The number of hydrogen-bond donors (Lipinski definition) is 2. The summed E-state index contributed by atoms with van der Waals surface area (Å²) in [5.41, 5.74) is -0.361. The lowest BCUT2D eigenvalue weighted by Crippen LogP contribution is -2.46. The quantitative estimate of drug-likeness (QED) is 0.613. The van der Waals surface area contributed by atoms with E-state index in [1.165, 1.54) is 0 Å². The molecule has 1 saturated heterocycles. The Balaban J connectivity index is 0.000000605. The maximum atomic E-state index is 10.7. The third kappa shape index (κ3) is 0.948. The molecule has 1 heterocycles. The second-order valence-corrected chi connectivity index (χ2v) is 3.33.